The van der Waals surface area contributed by atoms with Crippen molar-refractivity contribution in [2.45, 2.75) is 18.6 Å². The molecule has 144 valence electrons. The molecule has 1 aromatic carbocycles. The number of amidine groups is 1. The summed E-state index contributed by atoms with van der Waals surface area (Å²) in [6, 6.07) is 3.64. The first-order chi connectivity index (χ1) is 12.9. The predicted molar refractivity (Wildman–Crippen MR) is 113 cm³/mol. The van der Waals surface area contributed by atoms with Gasteiger partial charge in [-0.1, -0.05) is 24.4 Å². The number of hydrogen-bond donors (Lipinski definition) is 2. The van der Waals surface area contributed by atoms with E-state index >= 15 is 0 Å². The van der Waals surface area contributed by atoms with E-state index < -0.39 is 11.2 Å². The number of thioether (sulfide) groups is 1. The maximum atomic E-state index is 11.7. The molecular formula is C17H18IN3O5S. The highest BCUT2D eigenvalue weighted by atomic mass is 127. The minimum atomic E-state index is -1.04. The van der Waals surface area contributed by atoms with Crippen molar-refractivity contribution >= 4 is 57.6 Å². The van der Waals surface area contributed by atoms with Gasteiger partial charge in [0.05, 0.1) is 22.8 Å². The van der Waals surface area contributed by atoms with Crippen LogP contribution in [0.3, 0.4) is 0 Å². The molecule has 1 atom stereocenters. The van der Waals surface area contributed by atoms with Crippen molar-refractivity contribution in [3.8, 4) is 11.5 Å². The van der Waals surface area contributed by atoms with Gasteiger partial charge >= 0.3 is 5.97 Å². The molecule has 1 amide bonds. The predicted octanol–water partition coefficient (Wildman–Crippen LogP) is 2.65. The van der Waals surface area contributed by atoms with E-state index in [0.717, 1.165) is 20.9 Å². The first-order valence-electron chi connectivity index (χ1n) is 7.95. The number of carbonyl (C=O) groups excluding carboxylic acids is 1. The molecule has 8 nitrogen and oxygen atoms in total. The molecule has 0 saturated carbocycles. The van der Waals surface area contributed by atoms with Crippen molar-refractivity contribution in [2.24, 2.45) is 10.2 Å². The van der Waals surface area contributed by atoms with Crippen LogP contribution in [0.1, 0.15) is 18.9 Å². The van der Waals surface area contributed by atoms with Gasteiger partial charge in [0.2, 0.25) is 5.91 Å². The number of benzene rings is 1. The molecule has 1 unspecified atom stereocenters. The molecule has 1 heterocycles. The lowest BCUT2D eigenvalue weighted by atomic mass is 10.2. The molecule has 1 saturated heterocycles. The van der Waals surface area contributed by atoms with E-state index in [1.54, 1.807) is 12.1 Å². The van der Waals surface area contributed by atoms with Crippen LogP contribution in [0, 0.1) is 3.57 Å². The van der Waals surface area contributed by atoms with Crippen LogP contribution in [-0.2, 0) is 9.59 Å². The number of carbonyl (C=O) groups is 2. The van der Waals surface area contributed by atoms with E-state index in [-0.39, 0.29) is 17.5 Å². The van der Waals surface area contributed by atoms with Gasteiger partial charge in [0, 0.05) is 0 Å². The largest absolute Gasteiger partial charge is 0.490 e. The fourth-order valence-electron chi connectivity index (χ4n) is 2.10. The Morgan fingerprint density at radius 3 is 2.93 bits per heavy atom. The second-order valence-corrected chi connectivity index (χ2v) is 7.56. The number of carboxylic acids is 1. The zero-order valence-electron chi connectivity index (χ0n) is 14.5. The van der Waals surface area contributed by atoms with E-state index in [1.807, 2.05) is 13.0 Å². The Balaban J connectivity index is 2.13. The number of carboxylic acid groups (broad SMARTS) is 1. The third kappa shape index (κ3) is 6.24. The van der Waals surface area contributed by atoms with Crippen molar-refractivity contribution in [3.05, 3.63) is 33.9 Å². The molecule has 0 radical (unpaired) electrons. The zero-order valence-corrected chi connectivity index (χ0v) is 17.5. The lowest BCUT2D eigenvalue weighted by molar-refractivity contribution is -0.138. The second-order valence-electron chi connectivity index (χ2n) is 5.21. The van der Waals surface area contributed by atoms with Gasteiger partial charge in [-0.15, -0.1) is 5.10 Å². The van der Waals surface area contributed by atoms with Gasteiger partial charge in [-0.3, -0.25) is 9.59 Å². The number of aliphatic carboxylic acids is 1. The van der Waals surface area contributed by atoms with Gasteiger partial charge < -0.3 is 19.9 Å². The highest BCUT2D eigenvalue weighted by Crippen LogP contribution is 2.34. The zero-order chi connectivity index (χ0) is 19.8. The molecule has 2 N–H and O–H groups in total. The maximum absolute atomic E-state index is 11.7. The van der Waals surface area contributed by atoms with Gasteiger partial charge in [0.15, 0.2) is 16.7 Å². The lowest BCUT2D eigenvalue weighted by Crippen LogP contribution is -2.26. The number of hydrogen-bond acceptors (Lipinski definition) is 7. The number of ether oxygens (including phenoxy) is 2. The van der Waals surface area contributed by atoms with Gasteiger partial charge in [-0.05, 0) is 47.2 Å². The number of nitrogens with one attached hydrogen (secondary N) is 1. The summed E-state index contributed by atoms with van der Waals surface area (Å²) >= 11 is 3.19. The standard InChI is InChI=1S/C17H18IN3O5S/c1-3-5-26-15-11(18)6-10(7-12(15)25-4-2)9-19-21-17-20-16(24)13(27-17)8-14(22)23/h3,6-7,9,13H,1,4-5,8H2,2H3,(H,22,23)(H,20,21,24). The van der Waals surface area contributed by atoms with Crippen LogP contribution in [-0.4, -0.2) is 46.8 Å². The Kier molecular flexibility index (Phi) is 8.10. The summed E-state index contributed by atoms with van der Waals surface area (Å²) in [6.07, 6.45) is 2.91. The Hall–Kier alpha value is -2.08. The first-order valence-corrected chi connectivity index (χ1v) is 9.90. The molecule has 1 aliphatic heterocycles. The summed E-state index contributed by atoms with van der Waals surface area (Å²) in [4.78, 5) is 22.4. The molecule has 1 aromatic rings. The average Bonchev–Trinajstić information content (AvgIpc) is 2.93. The summed E-state index contributed by atoms with van der Waals surface area (Å²) in [6.45, 7) is 6.36. The molecule has 1 aliphatic rings. The third-order valence-electron chi connectivity index (χ3n) is 3.17. The highest BCUT2D eigenvalue weighted by molar-refractivity contribution is 14.1. The molecular weight excluding hydrogens is 485 g/mol. The van der Waals surface area contributed by atoms with Crippen LogP contribution in [0.15, 0.2) is 35.0 Å². The average molecular weight is 503 g/mol. The Morgan fingerprint density at radius 2 is 2.26 bits per heavy atom. The number of halogens is 1. The third-order valence-corrected chi connectivity index (χ3v) is 5.04. The Morgan fingerprint density at radius 1 is 1.48 bits per heavy atom. The molecule has 1 fully saturated rings. The fraction of sp³-hybridized carbons (Fsp3) is 0.294. The van der Waals surface area contributed by atoms with Gasteiger partial charge in [0.1, 0.15) is 11.9 Å². The Bertz CT molecular complexity index is 797. The first kappa shape index (κ1) is 21.2. The molecule has 10 heteroatoms. The molecule has 27 heavy (non-hydrogen) atoms. The monoisotopic (exact) mass is 503 g/mol. The number of rotatable bonds is 9. The molecule has 0 aliphatic carbocycles. The quantitative estimate of drug-likeness (QED) is 0.232. The minimum Gasteiger partial charge on any atom is -0.490 e. The van der Waals surface area contributed by atoms with Crippen LogP contribution in [0.2, 0.25) is 0 Å². The van der Waals surface area contributed by atoms with Crippen molar-refractivity contribution < 1.29 is 24.2 Å². The normalized spacial score (nSPS) is 17.9. The van der Waals surface area contributed by atoms with Gasteiger partial charge in [-0.2, -0.15) is 5.10 Å². The summed E-state index contributed by atoms with van der Waals surface area (Å²) in [5.74, 6) is -0.196. The Labute approximate surface area is 174 Å². The topological polar surface area (TPSA) is 110 Å². The molecule has 0 spiro atoms. The smallest absolute Gasteiger partial charge is 0.305 e. The van der Waals surface area contributed by atoms with Crippen molar-refractivity contribution in [1.82, 2.24) is 5.32 Å². The highest BCUT2D eigenvalue weighted by Gasteiger charge is 2.32. The van der Waals surface area contributed by atoms with Crippen LogP contribution in [0.25, 0.3) is 0 Å². The summed E-state index contributed by atoms with van der Waals surface area (Å²) < 4.78 is 12.1. The van der Waals surface area contributed by atoms with Crippen LogP contribution in [0.4, 0.5) is 0 Å². The minimum absolute atomic E-state index is 0.263. The summed E-state index contributed by atoms with van der Waals surface area (Å²) in [7, 11) is 0. The van der Waals surface area contributed by atoms with Crippen LogP contribution in [0.5, 0.6) is 11.5 Å². The molecule has 2 rings (SSSR count). The summed E-state index contributed by atoms with van der Waals surface area (Å²) in [5.41, 5.74) is 0.745. The van der Waals surface area contributed by atoms with Gasteiger partial charge in [0.25, 0.3) is 0 Å². The van der Waals surface area contributed by atoms with Gasteiger partial charge in [-0.25, -0.2) is 0 Å². The second kappa shape index (κ2) is 10.3. The lowest BCUT2D eigenvalue weighted by Gasteiger charge is -2.13. The maximum Gasteiger partial charge on any atom is 0.305 e. The van der Waals surface area contributed by atoms with Crippen LogP contribution >= 0.6 is 34.4 Å². The fourth-order valence-corrected chi connectivity index (χ4v) is 3.80. The van der Waals surface area contributed by atoms with E-state index in [0.29, 0.717) is 24.7 Å². The molecule has 0 bridgehead atoms. The van der Waals surface area contributed by atoms with E-state index in [4.69, 9.17) is 14.6 Å². The number of nitrogens with zero attached hydrogens (tertiary/aromatic N) is 2. The van der Waals surface area contributed by atoms with E-state index in [2.05, 4.69) is 44.7 Å². The van der Waals surface area contributed by atoms with Crippen molar-refractivity contribution in [1.29, 1.82) is 0 Å². The van der Waals surface area contributed by atoms with Crippen molar-refractivity contribution in [2.75, 3.05) is 13.2 Å². The SMILES string of the molecule is C=CCOc1c(I)cc(C=NN=C2NC(=O)C(CC(=O)O)S2)cc1OCC. The van der Waals surface area contributed by atoms with E-state index in [1.165, 1.54) is 6.21 Å². The van der Waals surface area contributed by atoms with E-state index in [9.17, 15) is 9.59 Å². The molecule has 0 aromatic heterocycles. The number of amides is 1. The summed E-state index contributed by atoms with van der Waals surface area (Å²) in [5, 5.41) is 18.8. The van der Waals surface area contributed by atoms with Crippen LogP contribution < -0.4 is 14.8 Å². The van der Waals surface area contributed by atoms with Crippen molar-refractivity contribution in [3.63, 3.8) is 0 Å².